The Morgan fingerprint density at radius 1 is 1.45 bits per heavy atom. The van der Waals surface area contributed by atoms with E-state index in [0.717, 1.165) is 12.1 Å². The van der Waals surface area contributed by atoms with Crippen molar-refractivity contribution in [2.75, 3.05) is 32.5 Å². The molecule has 0 bridgehead atoms. The third-order valence-corrected chi connectivity index (χ3v) is 2.97. The highest BCUT2D eigenvalue weighted by atomic mass is 79.9. The molecule has 2 amide bonds. The number of amides is 2. The van der Waals surface area contributed by atoms with E-state index in [4.69, 9.17) is 0 Å². The summed E-state index contributed by atoms with van der Waals surface area (Å²) >= 11 is 2.90. The molecule has 1 aromatic carbocycles. The molecule has 0 saturated heterocycles. The molecule has 9 heteroatoms. The van der Waals surface area contributed by atoms with Crippen molar-refractivity contribution in [3.8, 4) is 0 Å². The van der Waals surface area contributed by atoms with Crippen molar-refractivity contribution in [2.24, 2.45) is 0 Å². The van der Waals surface area contributed by atoms with Gasteiger partial charge in [-0.15, -0.1) is 0 Å². The van der Waals surface area contributed by atoms with Gasteiger partial charge in [0.05, 0.1) is 9.40 Å². The number of nitro benzene ring substituents is 1. The summed E-state index contributed by atoms with van der Waals surface area (Å²) in [5, 5.41) is 16.2. The number of carbonyl (C=O) groups is 1. The number of hydrogen-bond donors (Lipinski definition) is 2. The molecule has 0 aliphatic carbocycles. The molecule has 1 aromatic rings. The summed E-state index contributed by atoms with van der Waals surface area (Å²) in [7, 11) is 3.19. The number of nitrogens with zero attached hydrogens (tertiary/aromatic N) is 2. The number of nitrogens with one attached hydrogen (secondary N) is 2. The van der Waals surface area contributed by atoms with Crippen molar-refractivity contribution >= 4 is 33.3 Å². The fraction of sp³-hybridized carbons (Fsp3) is 0.364. The zero-order chi connectivity index (χ0) is 15.3. The van der Waals surface area contributed by atoms with Crippen LogP contribution in [0.4, 0.5) is 20.6 Å². The van der Waals surface area contributed by atoms with Gasteiger partial charge in [0.2, 0.25) is 0 Å². The molecule has 7 nitrogen and oxygen atoms in total. The minimum atomic E-state index is -0.606. The highest BCUT2D eigenvalue weighted by Gasteiger charge is 2.17. The molecule has 0 aromatic heterocycles. The average Bonchev–Trinajstić information content (AvgIpc) is 2.37. The predicted molar refractivity (Wildman–Crippen MR) is 76.3 cm³/mol. The minimum absolute atomic E-state index is 0.0238. The van der Waals surface area contributed by atoms with Gasteiger partial charge < -0.3 is 15.5 Å². The molecule has 0 heterocycles. The lowest BCUT2D eigenvalue weighted by Gasteiger charge is -2.13. The number of halogens is 2. The Hall–Kier alpha value is -1.90. The van der Waals surface area contributed by atoms with Gasteiger partial charge in [-0.05, 0) is 15.9 Å². The first kappa shape index (κ1) is 16.2. The third kappa shape index (κ3) is 4.34. The van der Waals surface area contributed by atoms with Crippen LogP contribution in [0.15, 0.2) is 16.6 Å². The van der Waals surface area contributed by atoms with Crippen LogP contribution in [0.2, 0.25) is 0 Å². The zero-order valence-corrected chi connectivity index (χ0v) is 12.5. The molecular weight excluding hydrogens is 335 g/mol. The lowest BCUT2D eigenvalue weighted by atomic mass is 10.2. The van der Waals surface area contributed by atoms with Gasteiger partial charge in [-0.3, -0.25) is 10.1 Å². The molecule has 0 atom stereocenters. The molecule has 0 saturated carbocycles. The van der Waals surface area contributed by atoms with Crippen molar-refractivity contribution in [1.29, 1.82) is 0 Å². The van der Waals surface area contributed by atoms with Gasteiger partial charge in [0.1, 0.15) is 11.5 Å². The van der Waals surface area contributed by atoms with Crippen LogP contribution in [-0.4, -0.2) is 43.0 Å². The molecule has 0 aliphatic rings. The minimum Gasteiger partial charge on any atom is -0.378 e. The molecule has 1 rings (SSSR count). The maximum absolute atomic E-state index is 13.4. The van der Waals surface area contributed by atoms with E-state index in [9.17, 15) is 19.3 Å². The van der Waals surface area contributed by atoms with Gasteiger partial charge in [-0.2, -0.15) is 0 Å². The summed E-state index contributed by atoms with van der Waals surface area (Å²) in [6.45, 7) is 0.493. The summed E-state index contributed by atoms with van der Waals surface area (Å²) in [5.74, 6) is -0.601. The van der Waals surface area contributed by atoms with Crippen LogP contribution in [0.3, 0.4) is 0 Å². The molecule has 0 spiro atoms. The quantitative estimate of drug-likeness (QED) is 0.485. The molecule has 20 heavy (non-hydrogen) atoms. The second kappa shape index (κ2) is 7.04. The Morgan fingerprint density at radius 3 is 2.65 bits per heavy atom. The second-order valence-electron chi connectivity index (χ2n) is 4.09. The summed E-state index contributed by atoms with van der Waals surface area (Å²) in [6.07, 6.45) is 0. The lowest BCUT2D eigenvalue weighted by molar-refractivity contribution is -0.384. The number of urea groups is 1. The van der Waals surface area contributed by atoms with Crippen LogP contribution in [0.1, 0.15) is 0 Å². The number of benzene rings is 1. The van der Waals surface area contributed by atoms with Crippen LogP contribution < -0.4 is 10.6 Å². The van der Waals surface area contributed by atoms with Gasteiger partial charge in [0.25, 0.3) is 5.69 Å². The Morgan fingerprint density at radius 2 is 2.10 bits per heavy atom. The van der Waals surface area contributed by atoms with E-state index >= 15 is 0 Å². The van der Waals surface area contributed by atoms with Gasteiger partial charge in [0, 0.05) is 39.3 Å². The molecule has 110 valence electrons. The maximum atomic E-state index is 13.4. The molecule has 0 fully saturated rings. The number of carbonyl (C=O) groups excluding carboxylic acids is 1. The zero-order valence-electron chi connectivity index (χ0n) is 10.9. The van der Waals surface area contributed by atoms with Crippen LogP contribution in [-0.2, 0) is 0 Å². The Labute approximate surface area is 123 Å². The van der Waals surface area contributed by atoms with E-state index in [1.165, 1.54) is 4.90 Å². The Bertz CT molecular complexity index is 525. The van der Waals surface area contributed by atoms with Crippen molar-refractivity contribution in [2.45, 2.75) is 0 Å². The predicted octanol–water partition coefficient (Wildman–Crippen LogP) is 2.18. The fourth-order valence-electron chi connectivity index (χ4n) is 1.35. The Kier molecular flexibility index (Phi) is 5.68. The van der Waals surface area contributed by atoms with Crippen molar-refractivity contribution < 1.29 is 14.1 Å². The monoisotopic (exact) mass is 348 g/mol. The first-order valence-electron chi connectivity index (χ1n) is 5.65. The normalized spacial score (nSPS) is 10.0. The summed E-state index contributed by atoms with van der Waals surface area (Å²) < 4.78 is 13.4. The first-order chi connectivity index (χ1) is 9.32. The highest BCUT2D eigenvalue weighted by molar-refractivity contribution is 9.10. The first-order valence-corrected chi connectivity index (χ1v) is 6.44. The summed E-state index contributed by atoms with van der Waals surface area (Å²) in [5.41, 5.74) is -0.174. The number of rotatable bonds is 5. The molecule has 0 aliphatic heterocycles. The van der Waals surface area contributed by atoms with Crippen molar-refractivity contribution in [3.63, 3.8) is 0 Å². The topological polar surface area (TPSA) is 87.5 Å². The van der Waals surface area contributed by atoms with E-state index in [-0.39, 0.29) is 35.0 Å². The van der Waals surface area contributed by atoms with Gasteiger partial charge in [-0.25, -0.2) is 9.18 Å². The molecule has 0 radical (unpaired) electrons. The standard InChI is InChI=1S/C11H14BrFN4O3/c1-16(2)11(18)15-4-3-14-9-6-8(13)7(12)5-10(9)17(19)20/h5-6,14H,3-4H2,1-2H3,(H,15,18). The van der Waals surface area contributed by atoms with Crippen LogP contribution in [0.5, 0.6) is 0 Å². The molecule has 0 unspecified atom stereocenters. The van der Waals surface area contributed by atoms with Crippen LogP contribution >= 0.6 is 15.9 Å². The highest BCUT2D eigenvalue weighted by Crippen LogP contribution is 2.30. The average molecular weight is 349 g/mol. The van der Waals surface area contributed by atoms with Crippen LogP contribution in [0.25, 0.3) is 0 Å². The SMILES string of the molecule is CN(C)C(=O)NCCNc1cc(F)c(Br)cc1[N+](=O)[O-]. The Balaban J connectivity index is 2.66. The van der Waals surface area contributed by atoms with Gasteiger partial charge in [0.15, 0.2) is 0 Å². The van der Waals surface area contributed by atoms with Crippen LogP contribution in [0, 0.1) is 15.9 Å². The van der Waals surface area contributed by atoms with E-state index in [0.29, 0.717) is 0 Å². The van der Waals surface area contributed by atoms with Gasteiger partial charge >= 0.3 is 6.03 Å². The summed E-state index contributed by atoms with van der Waals surface area (Å²) in [4.78, 5) is 22.9. The largest absolute Gasteiger partial charge is 0.378 e. The van der Waals surface area contributed by atoms with E-state index in [1.54, 1.807) is 14.1 Å². The lowest BCUT2D eigenvalue weighted by Crippen LogP contribution is -2.37. The van der Waals surface area contributed by atoms with Crippen molar-refractivity contribution in [1.82, 2.24) is 10.2 Å². The van der Waals surface area contributed by atoms with Crippen molar-refractivity contribution in [3.05, 3.63) is 32.5 Å². The third-order valence-electron chi connectivity index (χ3n) is 2.36. The molecular formula is C11H14BrFN4O3. The maximum Gasteiger partial charge on any atom is 0.316 e. The van der Waals surface area contributed by atoms with E-state index < -0.39 is 10.7 Å². The van der Waals surface area contributed by atoms with E-state index in [2.05, 4.69) is 26.6 Å². The number of anilines is 1. The summed E-state index contributed by atoms with van der Waals surface area (Å²) in [6, 6.07) is 1.86. The second-order valence-corrected chi connectivity index (χ2v) is 4.95. The smallest absolute Gasteiger partial charge is 0.316 e. The number of hydrogen-bond acceptors (Lipinski definition) is 4. The molecule has 2 N–H and O–H groups in total. The van der Waals surface area contributed by atoms with E-state index in [1.807, 2.05) is 0 Å². The number of nitro groups is 1. The van der Waals surface area contributed by atoms with Gasteiger partial charge in [-0.1, -0.05) is 0 Å². The fourth-order valence-corrected chi connectivity index (χ4v) is 1.68.